The van der Waals surface area contributed by atoms with Gasteiger partial charge in [-0.05, 0) is 18.1 Å². The van der Waals surface area contributed by atoms with Gasteiger partial charge in [-0.3, -0.25) is 4.79 Å². The van der Waals surface area contributed by atoms with E-state index >= 15 is 0 Å². The van der Waals surface area contributed by atoms with Crippen molar-refractivity contribution in [2.45, 2.75) is 39.8 Å². The summed E-state index contributed by atoms with van der Waals surface area (Å²) in [7, 11) is 1.30. The molecule has 134 valence electrons. The summed E-state index contributed by atoms with van der Waals surface area (Å²) in [5.41, 5.74) is 1.96. The van der Waals surface area contributed by atoms with Crippen LogP contribution in [-0.2, 0) is 20.9 Å². The highest BCUT2D eigenvalue weighted by molar-refractivity contribution is 5.84. The van der Waals surface area contributed by atoms with Gasteiger partial charge in [-0.1, -0.05) is 50.1 Å². The van der Waals surface area contributed by atoms with Crippen LogP contribution in [0.25, 0.3) is 11.4 Å². The molecule has 0 bridgehead atoms. The number of hydrogen-bond donors (Lipinski definition) is 1. The average molecular weight is 345 g/mol. The molecule has 0 saturated heterocycles. The van der Waals surface area contributed by atoms with Crippen LogP contribution in [0.15, 0.2) is 24.3 Å². The van der Waals surface area contributed by atoms with Gasteiger partial charge in [0.25, 0.3) is 0 Å². The second-order valence-electron chi connectivity index (χ2n) is 5.96. The number of carbonyl (C=O) groups is 2. The van der Waals surface area contributed by atoms with E-state index in [1.54, 1.807) is 0 Å². The largest absolute Gasteiger partial charge is 0.467 e. The summed E-state index contributed by atoms with van der Waals surface area (Å²) in [5, 5.41) is 14.7. The molecule has 0 unspecified atom stereocenters. The third-order valence-electron chi connectivity index (χ3n) is 4.03. The summed E-state index contributed by atoms with van der Waals surface area (Å²) in [4.78, 5) is 25.2. The number of amides is 1. The molecule has 1 heterocycles. The Morgan fingerprint density at radius 3 is 2.56 bits per heavy atom. The number of methoxy groups -OCH3 is 1. The van der Waals surface area contributed by atoms with Crippen LogP contribution in [0.2, 0.25) is 0 Å². The highest BCUT2D eigenvalue weighted by Gasteiger charge is 2.26. The molecule has 0 spiro atoms. The van der Waals surface area contributed by atoms with Crippen LogP contribution in [0.1, 0.15) is 25.8 Å². The van der Waals surface area contributed by atoms with Crippen molar-refractivity contribution in [1.29, 1.82) is 0 Å². The molecule has 0 aliphatic rings. The Bertz CT molecular complexity index is 726. The molecule has 1 aromatic heterocycles. The van der Waals surface area contributed by atoms with Crippen LogP contribution in [-0.4, -0.2) is 45.2 Å². The van der Waals surface area contributed by atoms with E-state index < -0.39 is 12.0 Å². The second kappa shape index (κ2) is 8.36. The van der Waals surface area contributed by atoms with Crippen LogP contribution in [0.4, 0.5) is 0 Å². The number of esters is 1. The van der Waals surface area contributed by atoms with Crippen molar-refractivity contribution < 1.29 is 14.3 Å². The zero-order valence-electron chi connectivity index (χ0n) is 14.9. The van der Waals surface area contributed by atoms with Gasteiger partial charge in [-0.2, -0.15) is 4.80 Å². The minimum Gasteiger partial charge on any atom is -0.467 e. The number of hydrogen-bond acceptors (Lipinski definition) is 6. The van der Waals surface area contributed by atoms with Gasteiger partial charge >= 0.3 is 5.97 Å². The van der Waals surface area contributed by atoms with Gasteiger partial charge in [0, 0.05) is 5.56 Å². The summed E-state index contributed by atoms with van der Waals surface area (Å²) in [5.74, 6) is -0.430. The fourth-order valence-corrected chi connectivity index (χ4v) is 2.27. The van der Waals surface area contributed by atoms with Crippen molar-refractivity contribution in [1.82, 2.24) is 25.5 Å². The predicted octanol–water partition coefficient (Wildman–Crippen LogP) is 1.35. The third kappa shape index (κ3) is 4.85. The van der Waals surface area contributed by atoms with E-state index in [1.807, 2.05) is 45.0 Å². The molecule has 0 aliphatic heterocycles. The monoisotopic (exact) mass is 345 g/mol. The Balaban J connectivity index is 2.03. The molecule has 8 nitrogen and oxygen atoms in total. The summed E-state index contributed by atoms with van der Waals surface area (Å²) in [6.07, 6.45) is 0.735. The molecule has 1 amide bonds. The predicted molar refractivity (Wildman–Crippen MR) is 91.4 cm³/mol. The quantitative estimate of drug-likeness (QED) is 0.761. The van der Waals surface area contributed by atoms with Gasteiger partial charge in [0.2, 0.25) is 11.7 Å². The topological polar surface area (TPSA) is 99.0 Å². The Morgan fingerprint density at radius 2 is 1.96 bits per heavy atom. The summed E-state index contributed by atoms with van der Waals surface area (Å²) < 4.78 is 4.75. The number of aryl methyl sites for hydroxylation is 1. The lowest BCUT2D eigenvalue weighted by Crippen LogP contribution is -2.46. The molecule has 1 aromatic carbocycles. The SMILES string of the molecule is CC[C@@H](C)[C@@H](NC(=O)Cn1nnc(-c2ccc(C)cc2)n1)C(=O)OC. The highest BCUT2D eigenvalue weighted by Crippen LogP contribution is 2.14. The molecule has 0 radical (unpaired) electrons. The van der Waals surface area contributed by atoms with Crippen LogP contribution in [0.5, 0.6) is 0 Å². The van der Waals surface area contributed by atoms with E-state index in [-0.39, 0.29) is 18.4 Å². The molecule has 2 rings (SSSR count). The Hall–Kier alpha value is -2.77. The fourth-order valence-electron chi connectivity index (χ4n) is 2.27. The number of carbonyl (C=O) groups excluding carboxylic acids is 2. The molecular formula is C17H23N5O3. The van der Waals surface area contributed by atoms with Gasteiger partial charge in [0.1, 0.15) is 12.6 Å². The van der Waals surface area contributed by atoms with E-state index in [4.69, 9.17) is 4.74 Å². The zero-order valence-corrected chi connectivity index (χ0v) is 14.9. The van der Waals surface area contributed by atoms with Crippen LogP contribution in [0.3, 0.4) is 0 Å². The maximum atomic E-state index is 12.2. The van der Waals surface area contributed by atoms with Crippen molar-refractivity contribution in [3.8, 4) is 11.4 Å². The van der Waals surface area contributed by atoms with E-state index in [0.717, 1.165) is 17.5 Å². The normalized spacial score (nSPS) is 13.1. The first kappa shape index (κ1) is 18.6. The van der Waals surface area contributed by atoms with Crippen LogP contribution < -0.4 is 5.32 Å². The van der Waals surface area contributed by atoms with Crippen molar-refractivity contribution in [2.75, 3.05) is 7.11 Å². The Labute approximate surface area is 146 Å². The molecule has 0 saturated carbocycles. The van der Waals surface area contributed by atoms with E-state index in [1.165, 1.54) is 11.9 Å². The third-order valence-corrected chi connectivity index (χ3v) is 4.03. The molecule has 8 heteroatoms. The second-order valence-corrected chi connectivity index (χ2v) is 5.96. The first-order chi connectivity index (χ1) is 11.9. The Morgan fingerprint density at radius 1 is 1.28 bits per heavy atom. The van der Waals surface area contributed by atoms with E-state index in [9.17, 15) is 9.59 Å². The minimum absolute atomic E-state index is 0.0387. The summed E-state index contributed by atoms with van der Waals surface area (Å²) >= 11 is 0. The van der Waals surface area contributed by atoms with E-state index in [0.29, 0.717) is 5.82 Å². The summed E-state index contributed by atoms with van der Waals surface area (Å²) in [6, 6.07) is 7.01. The molecule has 0 fully saturated rings. The van der Waals surface area contributed by atoms with Crippen molar-refractivity contribution in [3.63, 3.8) is 0 Å². The maximum absolute atomic E-state index is 12.2. The van der Waals surface area contributed by atoms with Crippen LogP contribution in [0, 0.1) is 12.8 Å². The van der Waals surface area contributed by atoms with Crippen molar-refractivity contribution in [3.05, 3.63) is 29.8 Å². The number of nitrogens with one attached hydrogen (secondary N) is 1. The van der Waals surface area contributed by atoms with Crippen LogP contribution >= 0.6 is 0 Å². The first-order valence-corrected chi connectivity index (χ1v) is 8.16. The van der Waals surface area contributed by atoms with Gasteiger partial charge in [-0.15, -0.1) is 10.2 Å². The number of ether oxygens (including phenoxy) is 1. The molecular weight excluding hydrogens is 322 g/mol. The fraction of sp³-hybridized carbons (Fsp3) is 0.471. The number of tetrazole rings is 1. The number of aromatic nitrogens is 4. The Kier molecular flexibility index (Phi) is 6.21. The van der Waals surface area contributed by atoms with Gasteiger partial charge in [0.15, 0.2) is 0 Å². The van der Waals surface area contributed by atoms with Gasteiger partial charge in [0.05, 0.1) is 7.11 Å². The lowest BCUT2D eigenvalue weighted by atomic mass is 9.99. The molecule has 2 atom stereocenters. The van der Waals surface area contributed by atoms with E-state index in [2.05, 4.69) is 20.7 Å². The van der Waals surface area contributed by atoms with Crippen molar-refractivity contribution >= 4 is 11.9 Å². The molecule has 25 heavy (non-hydrogen) atoms. The lowest BCUT2D eigenvalue weighted by Gasteiger charge is -2.21. The zero-order chi connectivity index (χ0) is 18.4. The number of nitrogens with zero attached hydrogens (tertiary/aromatic N) is 4. The lowest BCUT2D eigenvalue weighted by molar-refractivity contribution is -0.146. The number of benzene rings is 1. The minimum atomic E-state index is -0.692. The van der Waals surface area contributed by atoms with Crippen molar-refractivity contribution in [2.24, 2.45) is 5.92 Å². The first-order valence-electron chi connectivity index (χ1n) is 8.16. The summed E-state index contributed by atoms with van der Waals surface area (Å²) in [6.45, 7) is 5.70. The standard InChI is InChI=1S/C17H23N5O3/c1-5-12(3)15(17(24)25-4)18-14(23)10-22-20-16(19-21-22)13-8-6-11(2)7-9-13/h6-9,12,15H,5,10H2,1-4H3,(H,18,23)/t12-,15-/m1/s1. The number of rotatable bonds is 7. The average Bonchev–Trinajstić information content (AvgIpc) is 3.07. The molecule has 0 aliphatic carbocycles. The highest BCUT2D eigenvalue weighted by atomic mass is 16.5. The van der Waals surface area contributed by atoms with Gasteiger partial charge in [-0.25, -0.2) is 4.79 Å². The van der Waals surface area contributed by atoms with Gasteiger partial charge < -0.3 is 10.1 Å². The smallest absolute Gasteiger partial charge is 0.328 e. The molecule has 1 N–H and O–H groups in total. The molecule has 2 aromatic rings. The maximum Gasteiger partial charge on any atom is 0.328 e.